The zero-order chi connectivity index (χ0) is 20.5. The molecule has 1 saturated heterocycles. The number of likely N-dealkylation sites (tertiary alicyclic amines) is 1. The fourth-order valence-corrected chi connectivity index (χ4v) is 4.26. The topological polar surface area (TPSA) is 63.2 Å². The summed E-state index contributed by atoms with van der Waals surface area (Å²) in [5, 5.41) is 7.40. The van der Waals surface area contributed by atoms with Crippen LogP contribution < -0.4 is 10.3 Å². The molecule has 1 fully saturated rings. The van der Waals surface area contributed by atoms with E-state index in [2.05, 4.69) is 22.0 Å². The quantitative estimate of drug-likeness (QED) is 0.712. The maximum Gasteiger partial charge on any atom is 0.276 e. The number of nitrogens with zero attached hydrogens (tertiary/aromatic N) is 3. The molecule has 0 saturated carbocycles. The number of pyridine rings is 1. The van der Waals surface area contributed by atoms with Crippen LogP contribution in [-0.2, 0) is 13.6 Å². The van der Waals surface area contributed by atoms with E-state index >= 15 is 4.39 Å². The molecule has 0 spiro atoms. The molecule has 0 radical (unpaired) electrons. The molecular weight excluding hydrogens is 371 g/mol. The second-order valence-electron chi connectivity index (χ2n) is 7.88. The summed E-state index contributed by atoms with van der Waals surface area (Å²) >= 11 is 0. The van der Waals surface area contributed by atoms with Crippen LogP contribution in [0.25, 0.3) is 22.0 Å². The van der Waals surface area contributed by atoms with Crippen LogP contribution in [0.1, 0.15) is 31.7 Å². The Morgan fingerprint density at radius 2 is 2.07 bits per heavy atom. The molecule has 1 aliphatic heterocycles. The summed E-state index contributed by atoms with van der Waals surface area (Å²) in [6.45, 7) is 4.75. The molecule has 1 N–H and O–H groups in total. The van der Waals surface area contributed by atoms with Crippen LogP contribution in [0.5, 0.6) is 5.75 Å². The van der Waals surface area contributed by atoms with Crippen molar-refractivity contribution in [2.75, 3.05) is 20.2 Å². The van der Waals surface area contributed by atoms with Gasteiger partial charge in [-0.15, -0.1) is 0 Å². The number of ether oxygens (including phenoxy) is 1. The number of hydrogen-bond donors (Lipinski definition) is 1. The number of fused-ring (bicyclic) bond motifs is 1. The van der Waals surface area contributed by atoms with Gasteiger partial charge in [-0.2, -0.15) is 5.10 Å². The van der Waals surface area contributed by atoms with Crippen molar-refractivity contribution in [3.8, 4) is 16.9 Å². The minimum Gasteiger partial charge on any atom is -0.496 e. The molecule has 29 heavy (non-hydrogen) atoms. The van der Waals surface area contributed by atoms with Crippen LogP contribution in [0, 0.1) is 11.7 Å². The lowest BCUT2D eigenvalue weighted by molar-refractivity contribution is 0.171. The van der Waals surface area contributed by atoms with Crippen molar-refractivity contribution in [1.82, 2.24) is 19.7 Å². The molecule has 3 aromatic rings. The van der Waals surface area contributed by atoms with E-state index in [0.29, 0.717) is 34.3 Å². The second-order valence-corrected chi connectivity index (χ2v) is 7.88. The van der Waals surface area contributed by atoms with Crippen molar-refractivity contribution < 1.29 is 9.13 Å². The molecule has 0 unspecified atom stereocenters. The predicted molar refractivity (Wildman–Crippen MR) is 112 cm³/mol. The first kappa shape index (κ1) is 19.6. The highest BCUT2D eigenvalue weighted by Crippen LogP contribution is 2.34. The monoisotopic (exact) mass is 398 g/mol. The van der Waals surface area contributed by atoms with E-state index in [1.54, 1.807) is 26.6 Å². The minimum absolute atomic E-state index is 0.166. The van der Waals surface area contributed by atoms with Crippen molar-refractivity contribution in [3.05, 3.63) is 46.3 Å². The lowest BCUT2D eigenvalue weighted by Gasteiger charge is -2.32. The third kappa shape index (κ3) is 3.67. The summed E-state index contributed by atoms with van der Waals surface area (Å²) in [4.78, 5) is 14.6. The Morgan fingerprint density at radius 3 is 2.76 bits per heavy atom. The standard InChI is InChI=1S/C22H27FN4O2/c1-4-14-5-7-27(8-6-14)13-18-19(23)9-15(10-20(18)29-3)17-12-26(2)22(28)21-16(17)11-24-25-21/h9-12,14H,4-8,13H2,1-3H3,(H,24,25). The number of H-pyrrole nitrogens is 1. The Morgan fingerprint density at radius 1 is 1.31 bits per heavy atom. The summed E-state index contributed by atoms with van der Waals surface area (Å²) in [6, 6.07) is 3.38. The molecule has 0 amide bonds. The molecule has 0 bridgehead atoms. The van der Waals surface area contributed by atoms with Crippen LogP contribution in [0.3, 0.4) is 0 Å². The Kier molecular flexibility index (Phi) is 5.41. The molecule has 3 heterocycles. The van der Waals surface area contributed by atoms with Crippen LogP contribution >= 0.6 is 0 Å². The zero-order valence-electron chi connectivity index (χ0n) is 17.2. The number of benzene rings is 1. The van der Waals surface area contributed by atoms with E-state index in [4.69, 9.17) is 4.74 Å². The van der Waals surface area contributed by atoms with Crippen molar-refractivity contribution >= 4 is 10.9 Å². The van der Waals surface area contributed by atoms with E-state index in [-0.39, 0.29) is 11.4 Å². The van der Waals surface area contributed by atoms with E-state index < -0.39 is 0 Å². The number of halogens is 1. The van der Waals surface area contributed by atoms with Crippen molar-refractivity contribution in [2.24, 2.45) is 13.0 Å². The number of methoxy groups -OCH3 is 1. The van der Waals surface area contributed by atoms with Gasteiger partial charge >= 0.3 is 0 Å². The maximum absolute atomic E-state index is 15.2. The van der Waals surface area contributed by atoms with Gasteiger partial charge in [0, 0.05) is 36.3 Å². The third-order valence-corrected chi connectivity index (χ3v) is 6.14. The zero-order valence-corrected chi connectivity index (χ0v) is 17.2. The Bertz CT molecular complexity index is 1080. The fourth-order valence-electron chi connectivity index (χ4n) is 4.26. The molecule has 7 heteroatoms. The first-order valence-corrected chi connectivity index (χ1v) is 10.1. The molecule has 6 nitrogen and oxygen atoms in total. The summed E-state index contributed by atoms with van der Waals surface area (Å²) in [6.07, 6.45) is 6.85. The fraction of sp³-hybridized carbons (Fsp3) is 0.455. The van der Waals surface area contributed by atoms with Gasteiger partial charge in [-0.1, -0.05) is 13.3 Å². The summed E-state index contributed by atoms with van der Waals surface area (Å²) in [5.74, 6) is 1.02. The predicted octanol–water partition coefficient (Wildman–Crippen LogP) is 3.70. The average molecular weight is 398 g/mol. The lowest BCUT2D eigenvalue weighted by atomic mass is 9.94. The largest absolute Gasteiger partial charge is 0.496 e. The van der Waals surface area contributed by atoms with Gasteiger partial charge in [0.05, 0.1) is 13.3 Å². The molecule has 1 aromatic carbocycles. The van der Waals surface area contributed by atoms with Gasteiger partial charge in [-0.3, -0.25) is 14.8 Å². The van der Waals surface area contributed by atoms with Crippen molar-refractivity contribution in [2.45, 2.75) is 32.7 Å². The van der Waals surface area contributed by atoms with Crippen molar-refractivity contribution in [3.63, 3.8) is 0 Å². The third-order valence-electron chi connectivity index (χ3n) is 6.14. The van der Waals surface area contributed by atoms with Gasteiger partial charge in [-0.05, 0) is 49.5 Å². The van der Waals surface area contributed by atoms with Gasteiger partial charge in [0.1, 0.15) is 17.1 Å². The summed E-state index contributed by atoms with van der Waals surface area (Å²) in [5.41, 5.74) is 2.23. The van der Waals surface area contributed by atoms with Crippen LogP contribution in [0.15, 0.2) is 29.3 Å². The molecule has 4 rings (SSSR count). The number of aromatic nitrogens is 3. The van der Waals surface area contributed by atoms with Crippen LogP contribution in [-0.4, -0.2) is 39.9 Å². The summed E-state index contributed by atoms with van der Waals surface area (Å²) < 4.78 is 22.2. The number of rotatable bonds is 5. The number of aromatic amines is 1. The van der Waals surface area contributed by atoms with Crippen molar-refractivity contribution in [1.29, 1.82) is 0 Å². The van der Waals surface area contributed by atoms with Gasteiger partial charge in [0.2, 0.25) is 0 Å². The van der Waals surface area contributed by atoms with E-state index in [0.717, 1.165) is 37.4 Å². The van der Waals surface area contributed by atoms with Crippen LogP contribution in [0.2, 0.25) is 0 Å². The molecule has 1 aliphatic rings. The SMILES string of the molecule is CCC1CCN(Cc2c(F)cc(-c3cn(C)c(=O)c4[nH]ncc34)cc2OC)CC1. The first-order chi connectivity index (χ1) is 14.0. The number of piperidine rings is 1. The van der Waals surface area contributed by atoms with Gasteiger partial charge in [0.25, 0.3) is 5.56 Å². The first-order valence-electron chi connectivity index (χ1n) is 10.1. The minimum atomic E-state index is -0.289. The Labute approximate surface area is 169 Å². The maximum atomic E-state index is 15.2. The van der Waals surface area contributed by atoms with Crippen LogP contribution in [0.4, 0.5) is 4.39 Å². The highest BCUT2D eigenvalue weighted by molar-refractivity contribution is 5.93. The Hall–Kier alpha value is -2.67. The lowest BCUT2D eigenvalue weighted by Crippen LogP contribution is -2.33. The molecule has 2 aromatic heterocycles. The second kappa shape index (κ2) is 7.99. The number of hydrogen-bond acceptors (Lipinski definition) is 4. The van der Waals surface area contributed by atoms with Gasteiger partial charge < -0.3 is 9.30 Å². The Balaban J connectivity index is 1.70. The number of nitrogens with one attached hydrogen (secondary N) is 1. The van der Waals surface area contributed by atoms with Gasteiger partial charge in [0.15, 0.2) is 0 Å². The highest BCUT2D eigenvalue weighted by atomic mass is 19.1. The van der Waals surface area contributed by atoms with E-state index in [9.17, 15) is 4.79 Å². The molecular formula is C22H27FN4O2. The average Bonchev–Trinajstić information content (AvgIpc) is 3.22. The van der Waals surface area contributed by atoms with E-state index in [1.807, 2.05) is 6.07 Å². The number of aryl methyl sites for hydroxylation is 1. The normalized spacial score (nSPS) is 15.9. The molecule has 0 atom stereocenters. The molecule has 0 aliphatic carbocycles. The smallest absolute Gasteiger partial charge is 0.276 e. The highest BCUT2D eigenvalue weighted by Gasteiger charge is 2.22. The summed E-state index contributed by atoms with van der Waals surface area (Å²) in [7, 11) is 3.24. The van der Waals surface area contributed by atoms with Gasteiger partial charge in [-0.25, -0.2) is 4.39 Å². The molecule has 154 valence electrons. The van der Waals surface area contributed by atoms with E-state index in [1.165, 1.54) is 17.1 Å².